The minimum Gasteiger partial charge on any atom is -0.481 e. The number of carboxylic acid groups (broad SMARTS) is 1. The highest BCUT2D eigenvalue weighted by Crippen LogP contribution is 2.44. The summed E-state index contributed by atoms with van der Waals surface area (Å²) in [4.78, 5) is 38.7. The Kier molecular flexibility index (Phi) is 6.62. The van der Waals surface area contributed by atoms with Gasteiger partial charge < -0.3 is 20.1 Å². The number of likely N-dealkylation sites (tertiary alicyclic amines) is 1. The second kappa shape index (κ2) is 9.36. The molecule has 7 nitrogen and oxygen atoms in total. The molecule has 2 amide bonds. The molecule has 4 rings (SSSR count). The number of aliphatic carboxylic acids is 1. The molecule has 1 aliphatic carbocycles. The van der Waals surface area contributed by atoms with E-state index in [1.54, 1.807) is 11.8 Å². The van der Waals surface area contributed by atoms with E-state index in [2.05, 4.69) is 29.6 Å². The maximum Gasteiger partial charge on any atom is 0.407 e. The van der Waals surface area contributed by atoms with E-state index in [4.69, 9.17) is 4.74 Å². The van der Waals surface area contributed by atoms with Gasteiger partial charge in [0.1, 0.15) is 6.61 Å². The summed E-state index contributed by atoms with van der Waals surface area (Å²) in [7, 11) is 0. The van der Waals surface area contributed by atoms with Crippen molar-refractivity contribution in [2.45, 2.75) is 40.0 Å². The molecule has 1 unspecified atom stereocenters. The average molecular weight is 479 g/mol. The summed E-state index contributed by atoms with van der Waals surface area (Å²) in [6, 6.07) is 16.3. The van der Waals surface area contributed by atoms with Crippen LogP contribution in [0.5, 0.6) is 0 Å². The Bertz CT molecular complexity index is 1080. The molecular formula is C28H34N2O5. The smallest absolute Gasteiger partial charge is 0.407 e. The Hall–Kier alpha value is -3.35. The number of hydrogen-bond donors (Lipinski definition) is 2. The van der Waals surface area contributed by atoms with Crippen molar-refractivity contribution >= 4 is 18.0 Å². The zero-order valence-electron chi connectivity index (χ0n) is 20.8. The summed E-state index contributed by atoms with van der Waals surface area (Å²) in [6.45, 7) is 8.49. The second-order valence-electron chi connectivity index (χ2n) is 11.2. The van der Waals surface area contributed by atoms with Gasteiger partial charge in [-0.25, -0.2) is 4.79 Å². The number of alkyl carbamates (subject to hydrolysis) is 1. The summed E-state index contributed by atoms with van der Waals surface area (Å²) >= 11 is 0. The molecular weight excluding hydrogens is 444 g/mol. The van der Waals surface area contributed by atoms with E-state index >= 15 is 0 Å². The summed E-state index contributed by atoms with van der Waals surface area (Å²) in [5, 5.41) is 12.1. The highest BCUT2D eigenvalue weighted by Gasteiger charge is 2.48. The van der Waals surface area contributed by atoms with Crippen molar-refractivity contribution in [2.24, 2.45) is 16.7 Å². The first kappa shape index (κ1) is 24.8. The zero-order chi connectivity index (χ0) is 25.4. The van der Waals surface area contributed by atoms with E-state index in [0.717, 1.165) is 22.3 Å². The van der Waals surface area contributed by atoms with Crippen LogP contribution in [0.3, 0.4) is 0 Å². The first-order valence-electron chi connectivity index (χ1n) is 12.1. The maximum atomic E-state index is 13.1. The van der Waals surface area contributed by atoms with E-state index in [0.29, 0.717) is 6.42 Å². The number of carbonyl (C=O) groups excluding carboxylic acids is 2. The molecule has 0 saturated carbocycles. The first-order valence-corrected chi connectivity index (χ1v) is 12.1. The van der Waals surface area contributed by atoms with Crippen LogP contribution in [0.15, 0.2) is 48.5 Å². The Morgan fingerprint density at radius 1 is 1.06 bits per heavy atom. The van der Waals surface area contributed by atoms with E-state index in [1.165, 1.54) is 0 Å². The van der Waals surface area contributed by atoms with Gasteiger partial charge in [0.15, 0.2) is 0 Å². The van der Waals surface area contributed by atoms with Gasteiger partial charge in [-0.05, 0) is 41.0 Å². The lowest BCUT2D eigenvalue weighted by Gasteiger charge is -2.46. The number of hydrogen-bond acceptors (Lipinski definition) is 4. The number of carboxylic acids is 1. The molecule has 1 atom stereocenters. The molecule has 0 radical (unpaired) electrons. The van der Waals surface area contributed by atoms with Crippen LogP contribution in [0.4, 0.5) is 4.79 Å². The fourth-order valence-electron chi connectivity index (χ4n) is 5.19. The zero-order valence-corrected chi connectivity index (χ0v) is 20.8. The van der Waals surface area contributed by atoms with Crippen molar-refractivity contribution in [3.8, 4) is 11.1 Å². The molecule has 1 heterocycles. The standard InChI is InChI=1S/C28H34N2O5/c1-27(2,3)13-18(24(31)30-16-28(4,17-30)25(32)33)14-29-26(34)35-15-23-21-11-7-5-9-19(21)20-10-6-8-12-22(20)23/h5-12,18,23H,13-17H2,1-4H3,(H,29,34)(H,32,33). The van der Waals surface area contributed by atoms with Gasteiger partial charge in [0.05, 0.1) is 11.3 Å². The van der Waals surface area contributed by atoms with Crippen molar-refractivity contribution in [2.75, 3.05) is 26.2 Å². The lowest BCUT2D eigenvalue weighted by Crippen LogP contribution is -2.62. The number of benzene rings is 2. The molecule has 2 N–H and O–H groups in total. The molecule has 0 bridgehead atoms. The Morgan fingerprint density at radius 3 is 2.11 bits per heavy atom. The van der Waals surface area contributed by atoms with Gasteiger partial charge in [-0.3, -0.25) is 9.59 Å². The third kappa shape index (κ3) is 5.19. The second-order valence-corrected chi connectivity index (χ2v) is 11.2. The molecule has 2 aliphatic rings. The molecule has 0 spiro atoms. The average Bonchev–Trinajstić information content (AvgIpc) is 3.10. The lowest BCUT2D eigenvalue weighted by molar-refractivity contribution is -0.165. The van der Waals surface area contributed by atoms with E-state index in [9.17, 15) is 19.5 Å². The number of nitrogens with zero attached hydrogens (tertiary/aromatic N) is 1. The van der Waals surface area contributed by atoms with Crippen LogP contribution in [-0.4, -0.2) is 54.2 Å². The van der Waals surface area contributed by atoms with Crippen LogP contribution in [-0.2, 0) is 14.3 Å². The van der Waals surface area contributed by atoms with Crippen LogP contribution in [0.2, 0.25) is 0 Å². The Morgan fingerprint density at radius 2 is 1.60 bits per heavy atom. The third-order valence-electron chi connectivity index (χ3n) is 6.95. The number of ether oxygens (including phenoxy) is 1. The van der Waals surface area contributed by atoms with Gasteiger partial charge in [-0.1, -0.05) is 69.3 Å². The van der Waals surface area contributed by atoms with Gasteiger partial charge in [-0.15, -0.1) is 0 Å². The SMILES string of the molecule is CC(C)(C)CC(CNC(=O)OCC1c2ccccc2-c2ccccc21)C(=O)N1CC(C)(C(=O)O)C1. The highest BCUT2D eigenvalue weighted by atomic mass is 16.5. The summed E-state index contributed by atoms with van der Waals surface area (Å²) < 4.78 is 5.61. The van der Waals surface area contributed by atoms with E-state index in [-0.39, 0.29) is 43.5 Å². The van der Waals surface area contributed by atoms with Crippen LogP contribution in [0.1, 0.15) is 51.2 Å². The summed E-state index contributed by atoms with van der Waals surface area (Å²) in [6.07, 6.45) is 0.00743. The molecule has 1 aliphatic heterocycles. The first-order chi connectivity index (χ1) is 16.5. The number of nitrogens with one attached hydrogen (secondary N) is 1. The molecule has 1 fully saturated rings. The lowest BCUT2D eigenvalue weighted by atomic mass is 9.79. The fourth-order valence-corrected chi connectivity index (χ4v) is 5.19. The molecule has 35 heavy (non-hydrogen) atoms. The van der Waals surface area contributed by atoms with Crippen LogP contribution in [0, 0.1) is 16.7 Å². The van der Waals surface area contributed by atoms with Crippen molar-refractivity contribution in [3.05, 3.63) is 59.7 Å². The van der Waals surface area contributed by atoms with Gasteiger partial charge in [-0.2, -0.15) is 0 Å². The largest absolute Gasteiger partial charge is 0.481 e. The number of fused-ring (bicyclic) bond motifs is 3. The predicted octanol–water partition coefficient (Wildman–Crippen LogP) is 4.51. The number of rotatable bonds is 7. The quantitative estimate of drug-likeness (QED) is 0.610. The van der Waals surface area contributed by atoms with Gasteiger partial charge >= 0.3 is 12.1 Å². The van der Waals surface area contributed by atoms with Crippen LogP contribution < -0.4 is 5.32 Å². The molecule has 186 valence electrons. The van der Waals surface area contributed by atoms with Gasteiger partial charge in [0, 0.05) is 25.6 Å². The minimum atomic E-state index is -0.901. The van der Waals surface area contributed by atoms with Crippen LogP contribution in [0.25, 0.3) is 11.1 Å². The highest BCUT2D eigenvalue weighted by molar-refractivity contribution is 5.85. The van der Waals surface area contributed by atoms with Crippen molar-refractivity contribution < 1.29 is 24.2 Å². The minimum absolute atomic E-state index is 0.0325. The summed E-state index contributed by atoms with van der Waals surface area (Å²) in [5.74, 6) is -1.51. The molecule has 2 aromatic rings. The Balaban J connectivity index is 1.36. The molecule has 7 heteroatoms. The third-order valence-corrected chi connectivity index (χ3v) is 6.95. The van der Waals surface area contributed by atoms with E-state index in [1.807, 2.05) is 45.0 Å². The van der Waals surface area contributed by atoms with Gasteiger partial charge in [0.2, 0.25) is 5.91 Å². The van der Waals surface area contributed by atoms with Crippen LogP contribution >= 0.6 is 0 Å². The Labute approximate surface area is 206 Å². The number of carbonyl (C=O) groups is 3. The predicted molar refractivity (Wildman–Crippen MR) is 133 cm³/mol. The maximum absolute atomic E-state index is 13.1. The van der Waals surface area contributed by atoms with Crippen molar-refractivity contribution in [1.82, 2.24) is 10.2 Å². The topological polar surface area (TPSA) is 95.9 Å². The monoisotopic (exact) mass is 478 g/mol. The fraction of sp³-hybridized carbons (Fsp3) is 0.464. The molecule has 1 saturated heterocycles. The molecule has 0 aromatic heterocycles. The molecule has 2 aromatic carbocycles. The van der Waals surface area contributed by atoms with Crippen molar-refractivity contribution in [3.63, 3.8) is 0 Å². The van der Waals surface area contributed by atoms with Gasteiger partial charge in [0.25, 0.3) is 0 Å². The van der Waals surface area contributed by atoms with E-state index < -0.39 is 23.4 Å². The normalized spacial score (nSPS) is 17.1. The van der Waals surface area contributed by atoms with Crippen molar-refractivity contribution in [1.29, 1.82) is 0 Å². The number of amides is 2. The summed E-state index contributed by atoms with van der Waals surface area (Å²) in [5.41, 5.74) is 3.57.